The van der Waals surface area contributed by atoms with E-state index < -0.39 is 5.97 Å². The number of ether oxygens (including phenoxy) is 1. The van der Waals surface area contributed by atoms with Gasteiger partial charge in [-0.05, 0) is 37.1 Å². The minimum absolute atomic E-state index is 0.205. The van der Waals surface area contributed by atoms with Gasteiger partial charge < -0.3 is 14.5 Å². The van der Waals surface area contributed by atoms with E-state index in [4.69, 9.17) is 4.42 Å². The molecule has 3 aromatic rings. The molecule has 0 spiro atoms. The third-order valence-electron chi connectivity index (χ3n) is 3.78. The molecule has 5 heteroatoms. The third-order valence-corrected chi connectivity index (χ3v) is 3.78. The van der Waals surface area contributed by atoms with E-state index in [0.717, 1.165) is 27.7 Å². The van der Waals surface area contributed by atoms with Crippen LogP contribution in [0, 0.1) is 13.8 Å². The van der Waals surface area contributed by atoms with E-state index >= 15 is 0 Å². The molecular formula is C18H18N2O3. The lowest BCUT2D eigenvalue weighted by molar-refractivity contribution is 0.0563. The van der Waals surface area contributed by atoms with Crippen LogP contribution in [0.5, 0.6) is 0 Å². The van der Waals surface area contributed by atoms with E-state index in [1.807, 2.05) is 38.2 Å². The van der Waals surface area contributed by atoms with Crippen molar-refractivity contribution in [3.63, 3.8) is 0 Å². The maximum Gasteiger partial charge on any atom is 0.373 e. The molecule has 2 heterocycles. The molecule has 2 aromatic heterocycles. The van der Waals surface area contributed by atoms with Crippen molar-refractivity contribution in [3.8, 4) is 0 Å². The number of carbonyl (C=O) groups excluding carboxylic acids is 1. The zero-order chi connectivity index (χ0) is 16.4. The van der Waals surface area contributed by atoms with Gasteiger partial charge in [0, 0.05) is 17.3 Å². The molecule has 3 rings (SSSR count). The summed E-state index contributed by atoms with van der Waals surface area (Å²) < 4.78 is 10.1. The van der Waals surface area contributed by atoms with Crippen LogP contribution in [0.1, 0.15) is 27.4 Å². The van der Waals surface area contributed by atoms with E-state index in [1.54, 1.807) is 12.1 Å². The monoisotopic (exact) mass is 310 g/mol. The number of pyridine rings is 1. The molecule has 0 saturated carbocycles. The number of hydrogen-bond donors (Lipinski definition) is 1. The molecule has 1 N–H and O–H groups in total. The average molecular weight is 310 g/mol. The quantitative estimate of drug-likeness (QED) is 0.742. The molecule has 0 aliphatic heterocycles. The Labute approximate surface area is 134 Å². The number of rotatable bonds is 4. The van der Waals surface area contributed by atoms with Crippen LogP contribution in [-0.4, -0.2) is 18.1 Å². The van der Waals surface area contributed by atoms with Gasteiger partial charge in [0.1, 0.15) is 5.76 Å². The van der Waals surface area contributed by atoms with Crippen molar-refractivity contribution in [3.05, 3.63) is 59.2 Å². The van der Waals surface area contributed by atoms with Crippen molar-refractivity contribution < 1.29 is 13.9 Å². The van der Waals surface area contributed by atoms with E-state index in [9.17, 15) is 4.79 Å². The number of nitrogens with zero attached hydrogens (tertiary/aromatic N) is 1. The van der Waals surface area contributed by atoms with Crippen LogP contribution in [0.15, 0.2) is 40.9 Å². The average Bonchev–Trinajstić information content (AvgIpc) is 3.02. The van der Waals surface area contributed by atoms with Crippen molar-refractivity contribution >= 4 is 22.6 Å². The summed E-state index contributed by atoms with van der Waals surface area (Å²) in [6, 6.07) is 9.50. The number of aromatic nitrogens is 1. The number of hydrogen-bond acceptors (Lipinski definition) is 5. The highest BCUT2D eigenvalue weighted by molar-refractivity contribution is 5.94. The SMILES string of the molecule is COC(=O)c1ccc(CNc2c(C)cnc3c(C)cccc23)o1. The Hall–Kier alpha value is -2.82. The molecule has 0 amide bonds. The summed E-state index contributed by atoms with van der Waals surface area (Å²) in [5, 5.41) is 4.46. The normalized spacial score (nSPS) is 10.7. The largest absolute Gasteiger partial charge is 0.463 e. The number of carbonyl (C=O) groups is 1. The summed E-state index contributed by atoms with van der Waals surface area (Å²) in [6.07, 6.45) is 1.86. The fraction of sp³-hybridized carbons (Fsp3) is 0.222. The Morgan fingerprint density at radius 3 is 2.83 bits per heavy atom. The Bertz CT molecular complexity index is 868. The lowest BCUT2D eigenvalue weighted by atomic mass is 10.1. The number of methoxy groups -OCH3 is 1. The van der Waals surface area contributed by atoms with Gasteiger partial charge in [0.25, 0.3) is 0 Å². The zero-order valence-corrected chi connectivity index (χ0v) is 13.3. The fourth-order valence-electron chi connectivity index (χ4n) is 2.56. The number of aryl methyl sites for hydroxylation is 2. The maximum absolute atomic E-state index is 11.4. The summed E-state index contributed by atoms with van der Waals surface area (Å²) >= 11 is 0. The minimum Gasteiger partial charge on any atom is -0.463 e. The molecule has 0 unspecified atom stereocenters. The number of para-hydroxylation sites is 1. The Kier molecular flexibility index (Phi) is 4.02. The first-order valence-electron chi connectivity index (χ1n) is 7.36. The first kappa shape index (κ1) is 15.1. The number of nitrogens with one attached hydrogen (secondary N) is 1. The molecule has 0 aliphatic rings. The fourth-order valence-corrected chi connectivity index (χ4v) is 2.56. The summed E-state index contributed by atoms with van der Waals surface area (Å²) in [6.45, 7) is 4.54. The maximum atomic E-state index is 11.4. The standard InChI is InChI=1S/C18H18N2O3/c1-11-5-4-6-14-16(11)19-9-12(2)17(14)20-10-13-7-8-15(23-13)18(21)22-3/h4-9H,10H2,1-3H3,(H,19,20). The summed E-state index contributed by atoms with van der Waals surface area (Å²) in [7, 11) is 1.33. The van der Waals surface area contributed by atoms with E-state index in [2.05, 4.69) is 15.0 Å². The van der Waals surface area contributed by atoms with Gasteiger partial charge in [-0.15, -0.1) is 0 Å². The van der Waals surface area contributed by atoms with E-state index in [1.165, 1.54) is 7.11 Å². The topological polar surface area (TPSA) is 64.4 Å². The van der Waals surface area contributed by atoms with Gasteiger partial charge in [0.05, 0.1) is 19.2 Å². The van der Waals surface area contributed by atoms with E-state index in [-0.39, 0.29) is 5.76 Å². The highest BCUT2D eigenvalue weighted by Gasteiger charge is 2.12. The van der Waals surface area contributed by atoms with Gasteiger partial charge in [0.2, 0.25) is 5.76 Å². The minimum atomic E-state index is -0.475. The van der Waals surface area contributed by atoms with Gasteiger partial charge in [-0.3, -0.25) is 4.98 Å². The highest BCUT2D eigenvalue weighted by atomic mass is 16.5. The first-order chi connectivity index (χ1) is 11.1. The number of fused-ring (bicyclic) bond motifs is 1. The molecule has 0 atom stereocenters. The number of furan rings is 1. The molecule has 5 nitrogen and oxygen atoms in total. The van der Waals surface area contributed by atoms with Crippen molar-refractivity contribution in [1.82, 2.24) is 4.98 Å². The van der Waals surface area contributed by atoms with Gasteiger partial charge in [-0.1, -0.05) is 18.2 Å². The molecule has 0 aliphatic carbocycles. The van der Waals surface area contributed by atoms with Crippen LogP contribution in [0.4, 0.5) is 5.69 Å². The summed E-state index contributed by atoms with van der Waals surface area (Å²) in [4.78, 5) is 15.9. The van der Waals surface area contributed by atoms with Crippen LogP contribution in [0.2, 0.25) is 0 Å². The Balaban J connectivity index is 1.87. The van der Waals surface area contributed by atoms with Crippen LogP contribution in [-0.2, 0) is 11.3 Å². The van der Waals surface area contributed by atoms with Gasteiger partial charge in [-0.25, -0.2) is 4.79 Å². The molecular weight excluding hydrogens is 292 g/mol. The van der Waals surface area contributed by atoms with Gasteiger partial charge in [-0.2, -0.15) is 0 Å². The van der Waals surface area contributed by atoms with Crippen molar-refractivity contribution in [1.29, 1.82) is 0 Å². The molecule has 1 aromatic carbocycles. The molecule has 0 radical (unpaired) electrons. The van der Waals surface area contributed by atoms with Gasteiger partial charge in [0.15, 0.2) is 0 Å². The highest BCUT2D eigenvalue weighted by Crippen LogP contribution is 2.27. The lowest BCUT2D eigenvalue weighted by Crippen LogP contribution is -2.03. The molecule has 118 valence electrons. The van der Waals surface area contributed by atoms with Crippen molar-refractivity contribution in [2.75, 3.05) is 12.4 Å². The summed E-state index contributed by atoms with van der Waals surface area (Å²) in [5.41, 5.74) is 4.20. The summed E-state index contributed by atoms with van der Waals surface area (Å²) in [5.74, 6) is 0.399. The van der Waals surface area contributed by atoms with Crippen LogP contribution >= 0.6 is 0 Å². The molecule has 0 fully saturated rings. The van der Waals surface area contributed by atoms with Crippen LogP contribution < -0.4 is 5.32 Å². The van der Waals surface area contributed by atoms with Crippen LogP contribution in [0.25, 0.3) is 10.9 Å². The zero-order valence-electron chi connectivity index (χ0n) is 13.3. The Morgan fingerprint density at radius 2 is 2.04 bits per heavy atom. The van der Waals surface area contributed by atoms with Gasteiger partial charge >= 0.3 is 5.97 Å². The number of benzene rings is 1. The van der Waals surface area contributed by atoms with Crippen molar-refractivity contribution in [2.45, 2.75) is 20.4 Å². The molecule has 0 saturated heterocycles. The number of anilines is 1. The first-order valence-corrected chi connectivity index (χ1v) is 7.36. The number of esters is 1. The molecule has 23 heavy (non-hydrogen) atoms. The predicted molar refractivity (Wildman–Crippen MR) is 88.6 cm³/mol. The second kappa shape index (κ2) is 6.12. The lowest BCUT2D eigenvalue weighted by Gasteiger charge is -2.12. The third kappa shape index (κ3) is 2.90. The second-order valence-electron chi connectivity index (χ2n) is 5.40. The smallest absolute Gasteiger partial charge is 0.373 e. The van der Waals surface area contributed by atoms with Crippen molar-refractivity contribution in [2.24, 2.45) is 0 Å². The van der Waals surface area contributed by atoms with E-state index in [0.29, 0.717) is 12.3 Å². The Morgan fingerprint density at radius 1 is 1.22 bits per heavy atom. The molecule has 0 bridgehead atoms. The predicted octanol–water partition coefficient (Wildman–Crippen LogP) is 3.84. The second-order valence-corrected chi connectivity index (χ2v) is 5.40. The van der Waals surface area contributed by atoms with Crippen LogP contribution in [0.3, 0.4) is 0 Å².